The Morgan fingerprint density at radius 3 is 2.19 bits per heavy atom. The minimum Gasteiger partial charge on any atom is -0.456 e. The lowest BCUT2D eigenvalue weighted by Crippen LogP contribution is -2.59. The molecule has 0 saturated carbocycles. The van der Waals surface area contributed by atoms with Crippen molar-refractivity contribution >= 4 is 23.7 Å². The van der Waals surface area contributed by atoms with Crippen LogP contribution in [-0.4, -0.2) is 47.5 Å². The standard InChI is InChI=1S/C24H28O6S/c1-4-31-24-22(27-15-18-11-7-5-8-12-18)21(29-17(3)25)20(16(2)28-24)30-23(26)19-13-9-6-10-14-19/h5-14,16,20-22,24H,4,15H2,1-3H3/t16?,20-,21?,22?,24-/m1/s1. The van der Waals surface area contributed by atoms with Gasteiger partial charge in [0.15, 0.2) is 12.2 Å². The molecule has 0 aromatic heterocycles. The maximum Gasteiger partial charge on any atom is 0.338 e. The molecule has 0 spiro atoms. The normalized spacial score (nSPS) is 25.6. The first-order chi connectivity index (χ1) is 15.0. The number of rotatable bonds is 8. The van der Waals surface area contributed by atoms with E-state index in [1.165, 1.54) is 6.92 Å². The summed E-state index contributed by atoms with van der Waals surface area (Å²) in [6, 6.07) is 18.4. The van der Waals surface area contributed by atoms with E-state index in [1.54, 1.807) is 36.0 Å². The molecule has 1 saturated heterocycles. The highest BCUT2D eigenvalue weighted by Crippen LogP contribution is 2.34. The summed E-state index contributed by atoms with van der Waals surface area (Å²) in [6.45, 7) is 5.50. The van der Waals surface area contributed by atoms with Crippen molar-refractivity contribution in [3.05, 3.63) is 71.8 Å². The van der Waals surface area contributed by atoms with Gasteiger partial charge < -0.3 is 18.9 Å². The van der Waals surface area contributed by atoms with Crippen LogP contribution in [0.2, 0.25) is 0 Å². The van der Waals surface area contributed by atoms with Gasteiger partial charge in [0.25, 0.3) is 0 Å². The van der Waals surface area contributed by atoms with Crippen LogP contribution in [0.5, 0.6) is 0 Å². The van der Waals surface area contributed by atoms with Gasteiger partial charge in [0.1, 0.15) is 11.5 Å². The van der Waals surface area contributed by atoms with Gasteiger partial charge in [0, 0.05) is 6.92 Å². The van der Waals surface area contributed by atoms with Crippen molar-refractivity contribution in [2.45, 2.75) is 57.2 Å². The lowest BCUT2D eigenvalue weighted by atomic mass is 9.99. The van der Waals surface area contributed by atoms with E-state index < -0.39 is 36.4 Å². The Balaban J connectivity index is 1.84. The summed E-state index contributed by atoms with van der Waals surface area (Å²) in [6.07, 6.45) is -2.66. The van der Waals surface area contributed by atoms with Crippen LogP contribution in [0.25, 0.3) is 0 Å². The van der Waals surface area contributed by atoms with Crippen LogP contribution in [-0.2, 0) is 30.3 Å². The zero-order valence-electron chi connectivity index (χ0n) is 17.9. The Morgan fingerprint density at radius 2 is 1.58 bits per heavy atom. The lowest BCUT2D eigenvalue weighted by Gasteiger charge is -2.44. The Bertz CT molecular complexity index is 844. The summed E-state index contributed by atoms with van der Waals surface area (Å²) >= 11 is 1.57. The van der Waals surface area contributed by atoms with Gasteiger partial charge in [-0.15, -0.1) is 11.8 Å². The Kier molecular flexibility index (Phi) is 8.51. The van der Waals surface area contributed by atoms with Gasteiger partial charge in [-0.1, -0.05) is 55.5 Å². The molecule has 2 aromatic carbocycles. The van der Waals surface area contributed by atoms with Gasteiger partial charge in [0.05, 0.1) is 18.3 Å². The van der Waals surface area contributed by atoms with Crippen LogP contribution in [0.1, 0.15) is 36.7 Å². The number of hydrogen-bond acceptors (Lipinski definition) is 7. The molecule has 5 atom stereocenters. The summed E-state index contributed by atoms with van der Waals surface area (Å²) in [5, 5.41) is 0. The Labute approximate surface area is 187 Å². The van der Waals surface area contributed by atoms with E-state index in [-0.39, 0.29) is 5.44 Å². The molecule has 2 aromatic rings. The van der Waals surface area contributed by atoms with E-state index in [2.05, 4.69) is 0 Å². The van der Waals surface area contributed by atoms with E-state index in [0.717, 1.165) is 11.3 Å². The molecule has 3 unspecified atom stereocenters. The number of carbonyl (C=O) groups excluding carboxylic acids is 2. The van der Waals surface area contributed by atoms with Crippen LogP contribution >= 0.6 is 11.8 Å². The van der Waals surface area contributed by atoms with E-state index in [1.807, 2.05) is 50.2 Å². The van der Waals surface area contributed by atoms with Crippen LogP contribution in [0.4, 0.5) is 0 Å². The molecule has 166 valence electrons. The van der Waals surface area contributed by atoms with Crippen molar-refractivity contribution in [3.8, 4) is 0 Å². The van der Waals surface area contributed by atoms with Crippen molar-refractivity contribution in [2.24, 2.45) is 0 Å². The first-order valence-corrected chi connectivity index (χ1v) is 11.4. The maximum atomic E-state index is 12.7. The summed E-state index contributed by atoms with van der Waals surface area (Å²) in [5.41, 5.74) is 1.05. The van der Waals surface area contributed by atoms with Crippen molar-refractivity contribution in [1.29, 1.82) is 0 Å². The molecule has 0 amide bonds. The Hall–Kier alpha value is -2.35. The fraction of sp³-hybridized carbons (Fsp3) is 0.417. The predicted molar refractivity (Wildman–Crippen MR) is 119 cm³/mol. The zero-order valence-corrected chi connectivity index (χ0v) is 18.7. The number of ether oxygens (including phenoxy) is 4. The molecule has 7 heteroatoms. The number of thioether (sulfide) groups is 1. The molecular weight excluding hydrogens is 416 g/mol. The second-order valence-corrected chi connectivity index (χ2v) is 8.61. The molecule has 0 radical (unpaired) electrons. The van der Waals surface area contributed by atoms with Crippen LogP contribution in [0, 0.1) is 0 Å². The monoisotopic (exact) mass is 444 g/mol. The summed E-state index contributed by atoms with van der Waals surface area (Å²) < 4.78 is 23.8. The molecule has 1 aliphatic heterocycles. The van der Waals surface area contributed by atoms with Crippen molar-refractivity contribution in [1.82, 2.24) is 0 Å². The molecule has 0 bridgehead atoms. The van der Waals surface area contributed by atoms with Crippen molar-refractivity contribution < 1.29 is 28.5 Å². The highest BCUT2D eigenvalue weighted by Gasteiger charge is 2.49. The second kappa shape index (κ2) is 11.3. The third-order valence-electron chi connectivity index (χ3n) is 4.90. The molecule has 31 heavy (non-hydrogen) atoms. The first-order valence-electron chi connectivity index (χ1n) is 10.4. The third kappa shape index (κ3) is 6.32. The topological polar surface area (TPSA) is 71.1 Å². The van der Waals surface area contributed by atoms with Gasteiger partial charge in [0.2, 0.25) is 0 Å². The fourth-order valence-corrected chi connectivity index (χ4v) is 4.47. The average Bonchev–Trinajstić information content (AvgIpc) is 2.77. The minimum absolute atomic E-state index is 0.321. The average molecular weight is 445 g/mol. The maximum absolute atomic E-state index is 12.7. The molecular formula is C24H28O6S. The van der Waals surface area contributed by atoms with Gasteiger partial charge in [-0.05, 0) is 30.4 Å². The molecule has 0 aliphatic carbocycles. The number of hydrogen-bond donors (Lipinski definition) is 0. The predicted octanol–water partition coefficient (Wildman–Crippen LogP) is 4.23. The van der Waals surface area contributed by atoms with E-state index in [4.69, 9.17) is 18.9 Å². The van der Waals surface area contributed by atoms with Crippen LogP contribution in [0.15, 0.2) is 60.7 Å². The summed E-state index contributed by atoms with van der Waals surface area (Å²) in [7, 11) is 0. The molecule has 6 nitrogen and oxygen atoms in total. The molecule has 3 rings (SSSR count). The minimum atomic E-state index is -0.800. The lowest BCUT2D eigenvalue weighted by molar-refractivity contribution is -0.223. The molecule has 1 heterocycles. The van der Waals surface area contributed by atoms with E-state index >= 15 is 0 Å². The molecule has 0 N–H and O–H groups in total. The largest absolute Gasteiger partial charge is 0.456 e. The number of esters is 2. The van der Waals surface area contributed by atoms with Gasteiger partial charge in [-0.25, -0.2) is 4.79 Å². The smallest absolute Gasteiger partial charge is 0.338 e. The van der Waals surface area contributed by atoms with Crippen LogP contribution < -0.4 is 0 Å². The fourth-order valence-electron chi connectivity index (χ4n) is 3.47. The van der Waals surface area contributed by atoms with Crippen molar-refractivity contribution in [2.75, 3.05) is 5.75 Å². The summed E-state index contributed by atoms with van der Waals surface area (Å²) in [5.74, 6) is -0.167. The third-order valence-corrected chi connectivity index (χ3v) is 5.94. The Morgan fingerprint density at radius 1 is 0.935 bits per heavy atom. The van der Waals surface area contributed by atoms with Gasteiger partial charge >= 0.3 is 11.9 Å². The van der Waals surface area contributed by atoms with Crippen molar-refractivity contribution in [3.63, 3.8) is 0 Å². The summed E-state index contributed by atoms with van der Waals surface area (Å²) in [4.78, 5) is 24.7. The highest BCUT2D eigenvalue weighted by molar-refractivity contribution is 7.99. The van der Waals surface area contributed by atoms with Crippen LogP contribution in [0.3, 0.4) is 0 Å². The number of carbonyl (C=O) groups is 2. The quantitative estimate of drug-likeness (QED) is 0.564. The molecule has 1 aliphatic rings. The SMILES string of the molecule is CCS[C@H]1OC(C)[C@@H](OC(=O)c2ccccc2)C(OC(C)=O)C1OCc1ccccc1. The van der Waals surface area contributed by atoms with Gasteiger partial charge in [-0.3, -0.25) is 4.79 Å². The number of benzene rings is 2. The second-order valence-electron chi connectivity index (χ2n) is 7.24. The first kappa shape index (κ1) is 23.3. The zero-order chi connectivity index (χ0) is 22.2. The van der Waals surface area contributed by atoms with E-state index in [9.17, 15) is 9.59 Å². The highest BCUT2D eigenvalue weighted by atomic mass is 32.2. The van der Waals surface area contributed by atoms with Gasteiger partial charge in [-0.2, -0.15) is 0 Å². The van der Waals surface area contributed by atoms with E-state index in [0.29, 0.717) is 12.2 Å². The molecule has 1 fully saturated rings.